The third-order valence-electron chi connectivity index (χ3n) is 12.6. The number of carbonyl (C=O) groups is 4. The summed E-state index contributed by atoms with van der Waals surface area (Å²) in [6.45, 7) is 18.3. The summed E-state index contributed by atoms with van der Waals surface area (Å²) in [5, 5.41) is 8.04. The summed E-state index contributed by atoms with van der Waals surface area (Å²) < 4.78 is 27.9. The highest BCUT2D eigenvalue weighted by molar-refractivity contribution is 6.04. The van der Waals surface area contributed by atoms with E-state index < -0.39 is 23.7 Å². The van der Waals surface area contributed by atoms with Crippen LogP contribution in [0.5, 0.6) is 5.75 Å². The summed E-state index contributed by atoms with van der Waals surface area (Å²) in [6, 6.07) is 15.3. The molecule has 0 unspecified atom stereocenters. The Hall–Kier alpha value is -5.45. The van der Waals surface area contributed by atoms with Crippen LogP contribution in [0.2, 0.25) is 0 Å². The number of rotatable bonds is 10. The maximum absolute atomic E-state index is 15.1. The summed E-state index contributed by atoms with van der Waals surface area (Å²) in [7, 11) is 0. The lowest BCUT2D eigenvalue weighted by Gasteiger charge is -2.63. The fourth-order valence-corrected chi connectivity index (χ4v) is 9.69. The van der Waals surface area contributed by atoms with Crippen LogP contribution in [0, 0.1) is 42.8 Å². The van der Waals surface area contributed by atoms with Crippen molar-refractivity contribution in [3.8, 4) is 18.1 Å². The van der Waals surface area contributed by atoms with Crippen LogP contribution in [0.3, 0.4) is 0 Å². The highest BCUT2D eigenvalue weighted by Gasteiger charge is 2.64. The molecule has 1 aliphatic carbocycles. The number of benzene rings is 3. The number of imide groups is 1. The van der Waals surface area contributed by atoms with Crippen molar-refractivity contribution in [3.63, 3.8) is 0 Å². The normalized spacial score (nSPS) is 24.0. The number of piperidine rings is 1. The minimum absolute atomic E-state index is 0.000722. The molecule has 3 N–H and O–H groups in total. The Morgan fingerprint density at radius 2 is 1.56 bits per heavy atom. The van der Waals surface area contributed by atoms with Crippen molar-refractivity contribution in [1.29, 1.82) is 0 Å². The molecule has 3 heterocycles. The highest BCUT2D eigenvalue weighted by atomic mass is 19.1. The Labute approximate surface area is 346 Å². The molecule has 4 amide bonds. The summed E-state index contributed by atoms with van der Waals surface area (Å²) in [5.74, 6) is 1.11. The van der Waals surface area contributed by atoms with Gasteiger partial charge in [0, 0.05) is 91.6 Å². The second-order valence-electron chi connectivity index (χ2n) is 17.5. The van der Waals surface area contributed by atoms with Gasteiger partial charge in [-0.05, 0) is 86.0 Å². The molecule has 59 heavy (non-hydrogen) atoms. The van der Waals surface area contributed by atoms with E-state index in [0.717, 1.165) is 60.9 Å². The second kappa shape index (κ2) is 16.7. The number of nitrogens with one attached hydrogen (secondary N) is 3. The number of aryl methyl sites for hydroxylation is 2. The zero-order valence-corrected chi connectivity index (χ0v) is 34.8. The largest absolute Gasteiger partial charge is 0.489 e. The fraction of sp³-hybridized carbons (Fsp3) is 0.478. The van der Waals surface area contributed by atoms with E-state index in [1.165, 1.54) is 12.1 Å². The first-order valence-corrected chi connectivity index (χ1v) is 20.5. The van der Waals surface area contributed by atoms with E-state index in [1.54, 1.807) is 6.07 Å². The Morgan fingerprint density at radius 1 is 0.898 bits per heavy atom. The molecule has 0 spiro atoms. The number of carbonyl (C=O) groups excluding carboxylic acids is 4. The van der Waals surface area contributed by atoms with E-state index in [2.05, 4.69) is 64.3 Å². The third-order valence-corrected chi connectivity index (χ3v) is 12.6. The van der Waals surface area contributed by atoms with Crippen molar-refractivity contribution in [3.05, 3.63) is 88.2 Å². The summed E-state index contributed by atoms with van der Waals surface area (Å²) >= 11 is 0. The molecule has 3 saturated heterocycles. The van der Waals surface area contributed by atoms with Crippen LogP contribution >= 0.6 is 0 Å². The van der Waals surface area contributed by atoms with Crippen LogP contribution in [0.1, 0.15) is 77.9 Å². The van der Waals surface area contributed by atoms with E-state index >= 15 is 4.39 Å². The van der Waals surface area contributed by atoms with Crippen LogP contribution in [0.25, 0.3) is 0 Å². The van der Waals surface area contributed by atoms with Gasteiger partial charge in [0.05, 0.1) is 18.3 Å². The molecule has 13 heteroatoms. The van der Waals surface area contributed by atoms with Gasteiger partial charge >= 0.3 is 0 Å². The molecule has 3 aromatic carbocycles. The summed E-state index contributed by atoms with van der Waals surface area (Å²) in [5.41, 5.74) is 4.46. The lowest BCUT2D eigenvalue weighted by Crippen LogP contribution is -2.74. The van der Waals surface area contributed by atoms with Crippen LogP contribution in [0.15, 0.2) is 54.6 Å². The van der Waals surface area contributed by atoms with E-state index in [0.29, 0.717) is 30.9 Å². The molecule has 3 aliphatic heterocycles. The van der Waals surface area contributed by atoms with Crippen molar-refractivity contribution in [1.82, 2.24) is 20.9 Å². The zero-order valence-electron chi connectivity index (χ0n) is 34.8. The smallest absolute Gasteiger partial charge is 0.254 e. The van der Waals surface area contributed by atoms with Crippen LogP contribution in [0.4, 0.5) is 15.8 Å². The predicted molar refractivity (Wildman–Crippen MR) is 224 cm³/mol. The predicted octanol–water partition coefficient (Wildman–Crippen LogP) is 4.60. The fourth-order valence-electron chi connectivity index (χ4n) is 9.69. The van der Waals surface area contributed by atoms with Crippen LogP contribution in [-0.4, -0.2) is 105 Å². The first-order chi connectivity index (χ1) is 28.0. The van der Waals surface area contributed by atoms with Gasteiger partial charge in [0.1, 0.15) is 23.7 Å². The quantitative estimate of drug-likeness (QED) is 0.199. The molecule has 3 aromatic rings. The second-order valence-corrected chi connectivity index (χ2v) is 17.5. The molecule has 12 nitrogen and oxygen atoms in total. The van der Waals surface area contributed by atoms with Gasteiger partial charge < -0.3 is 29.9 Å². The number of anilines is 2. The first kappa shape index (κ1) is 41.7. The van der Waals surface area contributed by atoms with Gasteiger partial charge in [0.25, 0.3) is 11.8 Å². The number of nitrogens with zero attached hydrogens (tertiary/aromatic N) is 3. The molecule has 4 fully saturated rings. The Bertz CT molecular complexity index is 2120. The maximum Gasteiger partial charge on any atom is 0.254 e. The molecule has 312 valence electrons. The topological polar surface area (TPSA) is 133 Å². The van der Waals surface area contributed by atoms with Gasteiger partial charge in [-0.3, -0.25) is 29.4 Å². The van der Waals surface area contributed by atoms with E-state index in [4.69, 9.17) is 15.9 Å². The van der Waals surface area contributed by atoms with Gasteiger partial charge in [-0.15, -0.1) is 6.42 Å². The average molecular weight is 807 g/mol. The minimum Gasteiger partial charge on any atom is -0.489 e. The first-order valence-electron chi connectivity index (χ1n) is 20.5. The number of halogens is 1. The Morgan fingerprint density at radius 3 is 2.19 bits per heavy atom. The Kier molecular flexibility index (Phi) is 11.8. The molecular formula is C46H55FN6O6. The van der Waals surface area contributed by atoms with Gasteiger partial charge in [0.2, 0.25) is 11.8 Å². The number of amides is 4. The number of ether oxygens (including phenoxy) is 2. The van der Waals surface area contributed by atoms with E-state index in [9.17, 15) is 19.2 Å². The number of hydrogen-bond donors (Lipinski definition) is 3. The number of terminal acetylenes is 1. The van der Waals surface area contributed by atoms with Crippen molar-refractivity contribution in [2.75, 3.05) is 62.2 Å². The van der Waals surface area contributed by atoms with E-state index in [1.807, 2.05) is 50.2 Å². The Balaban J connectivity index is 0.879. The average Bonchev–Trinajstić information content (AvgIpc) is 3.20. The molecule has 0 bridgehead atoms. The van der Waals surface area contributed by atoms with Crippen molar-refractivity contribution in [2.24, 2.45) is 10.8 Å². The maximum atomic E-state index is 15.1. The minimum atomic E-state index is -0.875. The molecule has 7 rings (SSSR count). The monoisotopic (exact) mass is 806 g/mol. The molecule has 2 atom stereocenters. The van der Waals surface area contributed by atoms with Gasteiger partial charge in [-0.2, -0.15) is 0 Å². The number of morpholine rings is 1. The third kappa shape index (κ3) is 8.66. The summed E-state index contributed by atoms with van der Waals surface area (Å²) in [4.78, 5) is 56.5. The van der Waals surface area contributed by atoms with Gasteiger partial charge in [-0.25, -0.2) is 4.39 Å². The molecular weight excluding hydrogens is 752 g/mol. The lowest BCUT2D eigenvalue weighted by atomic mass is 9.49. The van der Waals surface area contributed by atoms with Gasteiger partial charge in [-0.1, -0.05) is 33.6 Å². The van der Waals surface area contributed by atoms with Crippen molar-refractivity contribution >= 4 is 35.0 Å². The summed E-state index contributed by atoms with van der Waals surface area (Å²) in [6.07, 6.45) is 5.89. The molecule has 0 aromatic heterocycles. The van der Waals surface area contributed by atoms with Crippen molar-refractivity contribution < 1.29 is 33.0 Å². The van der Waals surface area contributed by atoms with Crippen LogP contribution < -0.4 is 30.5 Å². The standard InChI is InChI=1S/C46H55FN6O6/c1-8-35-28(2)23-33(24-29(35)3)59-44-45(4,5)43(46(44,6)7)50-40(55)30-9-11-31(12-10-30)53-21-22-58-34(27-53)26-51-17-19-52(20-18-51)32-13-14-36(37(47)25-32)41(56)48-38-15-16-39(54)49-42(38)57/h1,9-14,23-25,34,38,43-44H,15-22,26-27H2,2-7H3,(H,48,56)(H,50,55)(H,49,54,57)/t34-,38-,43?,44?/m1/s1. The van der Waals surface area contributed by atoms with Gasteiger partial charge in [0.15, 0.2) is 0 Å². The van der Waals surface area contributed by atoms with Crippen LogP contribution in [-0.2, 0) is 14.3 Å². The lowest BCUT2D eigenvalue weighted by molar-refractivity contribution is -0.164. The zero-order chi connectivity index (χ0) is 42.2. The molecule has 0 radical (unpaired) electrons. The van der Waals surface area contributed by atoms with Crippen molar-refractivity contribution in [2.45, 2.75) is 78.7 Å². The molecule has 4 aliphatic rings. The van der Waals surface area contributed by atoms with E-state index in [-0.39, 0.29) is 59.3 Å². The number of hydrogen-bond acceptors (Lipinski definition) is 9. The highest BCUT2D eigenvalue weighted by Crippen LogP contribution is 2.55. The number of piperazine rings is 1. The SMILES string of the molecule is C#Cc1c(C)cc(OC2C(C)(C)C(NC(=O)c3ccc(N4CCO[C@H](CN5CCN(c6ccc(C(=O)N[C@@H]7CCC(=O)NC7=O)c(F)c6)CC5)C4)cc3)C2(C)C)cc1C. The molecule has 1 saturated carbocycles.